The van der Waals surface area contributed by atoms with E-state index >= 15 is 0 Å². The van der Waals surface area contributed by atoms with Gasteiger partial charge in [0.25, 0.3) is 5.91 Å². The van der Waals surface area contributed by atoms with Crippen molar-refractivity contribution < 1.29 is 19.5 Å². The number of rotatable bonds is 4. The van der Waals surface area contributed by atoms with Gasteiger partial charge in [0.1, 0.15) is 0 Å². The van der Waals surface area contributed by atoms with E-state index in [1.54, 1.807) is 24.3 Å². The minimum atomic E-state index is -0.887. The third-order valence-corrected chi connectivity index (χ3v) is 3.85. The number of carbonyl (C=O) groups excluding carboxylic acids is 2. The number of nitrogens with one attached hydrogen (secondary N) is 2. The normalized spacial score (nSPS) is 20.6. The molecule has 1 aromatic heterocycles. The maximum Gasteiger partial charge on any atom is 0.310 e. The van der Waals surface area contributed by atoms with Gasteiger partial charge < -0.3 is 15.7 Å². The molecule has 0 saturated carbocycles. The molecule has 0 bridgehead atoms. The molecule has 1 aromatic rings. The lowest BCUT2D eigenvalue weighted by molar-refractivity contribution is -0.140. The number of anilines is 1. The standard InChI is InChI=1S/C13H14N2O4S/c1-7(16)14-11-5-4-10(20-11)12(17)15-9-3-2-8(6-9)13(18)19/h2-5,8-9H,6H2,1H3,(H,14,16)(H,15,17)(H,18,19). The van der Waals surface area contributed by atoms with E-state index in [-0.39, 0.29) is 17.9 Å². The lowest BCUT2D eigenvalue weighted by Gasteiger charge is -2.11. The van der Waals surface area contributed by atoms with E-state index in [4.69, 9.17) is 5.11 Å². The van der Waals surface area contributed by atoms with Crippen LogP contribution in [0.4, 0.5) is 5.00 Å². The van der Waals surface area contributed by atoms with Crippen LogP contribution in [0.25, 0.3) is 0 Å². The second-order valence-electron chi connectivity index (χ2n) is 4.49. The van der Waals surface area contributed by atoms with Crippen molar-refractivity contribution >= 4 is 34.1 Å². The molecule has 1 aliphatic carbocycles. The van der Waals surface area contributed by atoms with E-state index in [9.17, 15) is 14.4 Å². The molecule has 0 fully saturated rings. The van der Waals surface area contributed by atoms with Gasteiger partial charge in [0, 0.05) is 13.0 Å². The van der Waals surface area contributed by atoms with Crippen LogP contribution in [0, 0.1) is 5.92 Å². The highest BCUT2D eigenvalue weighted by molar-refractivity contribution is 7.18. The number of amides is 2. The molecule has 0 aliphatic heterocycles. The Morgan fingerprint density at radius 3 is 2.65 bits per heavy atom. The van der Waals surface area contributed by atoms with Crippen LogP contribution in [0.3, 0.4) is 0 Å². The molecule has 2 unspecified atom stereocenters. The average molecular weight is 294 g/mol. The van der Waals surface area contributed by atoms with Crippen LogP contribution in [0.5, 0.6) is 0 Å². The topological polar surface area (TPSA) is 95.5 Å². The number of aliphatic carboxylic acids is 1. The smallest absolute Gasteiger partial charge is 0.310 e. The van der Waals surface area contributed by atoms with Gasteiger partial charge in [-0.25, -0.2) is 0 Å². The van der Waals surface area contributed by atoms with Crippen molar-refractivity contribution in [2.75, 3.05) is 5.32 Å². The Morgan fingerprint density at radius 2 is 2.05 bits per heavy atom. The molecule has 6 nitrogen and oxygen atoms in total. The van der Waals surface area contributed by atoms with Crippen LogP contribution in [0.15, 0.2) is 24.3 Å². The molecular formula is C13H14N2O4S. The van der Waals surface area contributed by atoms with Crippen molar-refractivity contribution in [1.82, 2.24) is 5.32 Å². The minimum absolute atomic E-state index is 0.193. The fraction of sp³-hybridized carbons (Fsp3) is 0.308. The first-order valence-corrected chi connectivity index (χ1v) is 6.87. The lowest BCUT2D eigenvalue weighted by atomic mass is 10.1. The second kappa shape index (κ2) is 5.87. The van der Waals surface area contributed by atoms with Gasteiger partial charge in [-0.3, -0.25) is 14.4 Å². The summed E-state index contributed by atoms with van der Waals surface area (Å²) < 4.78 is 0. The lowest BCUT2D eigenvalue weighted by Crippen LogP contribution is -2.32. The van der Waals surface area contributed by atoms with E-state index in [0.29, 0.717) is 16.3 Å². The summed E-state index contributed by atoms with van der Waals surface area (Å²) in [5, 5.41) is 14.8. The number of carbonyl (C=O) groups is 3. The summed E-state index contributed by atoms with van der Waals surface area (Å²) in [5.74, 6) is -1.89. The summed E-state index contributed by atoms with van der Waals surface area (Å²) in [6.45, 7) is 1.40. The summed E-state index contributed by atoms with van der Waals surface area (Å²) in [7, 11) is 0. The first kappa shape index (κ1) is 14.3. The Labute approximate surface area is 119 Å². The van der Waals surface area contributed by atoms with Gasteiger partial charge in [0.15, 0.2) is 0 Å². The zero-order valence-electron chi connectivity index (χ0n) is 10.8. The van der Waals surface area contributed by atoms with Crippen LogP contribution >= 0.6 is 11.3 Å². The molecular weight excluding hydrogens is 280 g/mol. The average Bonchev–Trinajstić information content (AvgIpc) is 2.97. The molecule has 0 aromatic carbocycles. The molecule has 1 heterocycles. The van der Waals surface area contributed by atoms with Crippen LogP contribution in [0.1, 0.15) is 23.0 Å². The van der Waals surface area contributed by atoms with Crippen molar-refractivity contribution in [3.63, 3.8) is 0 Å². The summed E-state index contributed by atoms with van der Waals surface area (Å²) in [6.07, 6.45) is 3.65. The third-order valence-electron chi connectivity index (χ3n) is 2.85. The highest BCUT2D eigenvalue weighted by atomic mass is 32.1. The summed E-state index contributed by atoms with van der Waals surface area (Å²) in [6, 6.07) is 3.01. The number of hydrogen-bond acceptors (Lipinski definition) is 4. The summed E-state index contributed by atoms with van der Waals surface area (Å²) in [5.41, 5.74) is 0. The zero-order valence-corrected chi connectivity index (χ0v) is 11.6. The van der Waals surface area contributed by atoms with E-state index in [1.165, 1.54) is 18.3 Å². The monoisotopic (exact) mass is 294 g/mol. The van der Waals surface area contributed by atoms with E-state index in [1.807, 2.05) is 0 Å². The van der Waals surface area contributed by atoms with Gasteiger partial charge in [-0.1, -0.05) is 12.2 Å². The first-order chi connectivity index (χ1) is 9.45. The van der Waals surface area contributed by atoms with Crippen molar-refractivity contribution in [1.29, 1.82) is 0 Å². The molecule has 2 rings (SSSR count). The molecule has 0 radical (unpaired) electrons. The number of carboxylic acid groups (broad SMARTS) is 1. The van der Waals surface area contributed by atoms with Crippen molar-refractivity contribution in [2.24, 2.45) is 5.92 Å². The van der Waals surface area contributed by atoms with Crippen LogP contribution in [-0.4, -0.2) is 28.9 Å². The highest BCUT2D eigenvalue weighted by Crippen LogP contribution is 2.23. The van der Waals surface area contributed by atoms with Crippen LogP contribution < -0.4 is 10.6 Å². The van der Waals surface area contributed by atoms with E-state index < -0.39 is 11.9 Å². The summed E-state index contributed by atoms with van der Waals surface area (Å²) >= 11 is 1.18. The fourth-order valence-corrected chi connectivity index (χ4v) is 2.78. The molecule has 0 saturated heterocycles. The van der Waals surface area contributed by atoms with Gasteiger partial charge in [-0.15, -0.1) is 11.3 Å². The minimum Gasteiger partial charge on any atom is -0.481 e. The van der Waals surface area contributed by atoms with Gasteiger partial charge in [-0.2, -0.15) is 0 Å². The molecule has 106 valence electrons. The van der Waals surface area contributed by atoms with E-state index in [2.05, 4.69) is 10.6 Å². The van der Waals surface area contributed by atoms with Gasteiger partial charge >= 0.3 is 5.97 Å². The maximum atomic E-state index is 12.0. The Balaban J connectivity index is 1.93. The SMILES string of the molecule is CC(=O)Nc1ccc(C(=O)NC2C=CC(C(=O)O)C2)s1. The number of thiophene rings is 1. The van der Waals surface area contributed by atoms with Crippen molar-refractivity contribution in [3.8, 4) is 0 Å². The van der Waals surface area contributed by atoms with Crippen molar-refractivity contribution in [2.45, 2.75) is 19.4 Å². The van der Waals surface area contributed by atoms with Gasteiger partial charge in [-0.05, 0) is 18.6 Å². The molecule has 2 amide bonds. The maximum absolute atomic E-state index is 12.0. The van der Waals surface area contributed by atoms with Crippen LogP contribution in [0.2, 0.25) is 0 Å². The molecule has 20 heavy (non-hydrogen) atoms. The Morgan fingerprint density at radius 1 is 1.30 bits per heavy atom. The third kappa shape index (κ3) is 3.45. The second-order valence-corrected chi connectivity index (χ2v) is 5.57. The molecule has 1 aliphatic rings. The Hall–Kier alpha value is -2.15. The largest absolute Gasteiger partial charge is 0.481 e. The summed E-state index contributed by atoms with van der Waals surface area (Å²) in [4.78, 5) is 34.2. The van der Waals surface area contributed by atoms with Crippen LogP contribution in [-0.2, 0) is 9.59 Å². The number of hydrogen-bond donors (Lipinski definition) is 3. The predicted octanol–water partition coefficient (Wildman–Crippen LogP) is 1.47. The molecule has 3 N–H and O–H groups in total. The van der Waals surface area contributed by atoms with Gasteiger partial charge in [0.2, 0.25) is 5.91 Å². The highest BCUT2D eigenvalue weighted by Gasteiger charge is 2.25. The van der Waals surface area contributed by atoms with Gasteiger partial charge in [0.05, 0.1) is 15.8 Å². The Bertz CT molecular complexity index is 579. The van der Waals surface area contributed by atoms with E-state index in [0.717, 1.165) is 0 Å². The predicted molar refractivity (Wildman–Crippen MR) is 74.8 cm³/mol. The zero-order chi connectivity index (χ0) is 14.7. The fourth-order valence-electron chi connectivity index (χ4n) is 1.93. The molecule has 0 spiro atoms. The molecule has 7 heteroatoms. The Kier molecular flexibility index (Phi) is 4.19. The number of carboxylic acids is 1. The van der Waals surface area contributed by atoms with Crippen molar-refractivity contribution in [3.05, 3.63) is 29.2 Å². The molecule has 2 atom stereocenters. The first-order valence-electron chi connectivity index (χ1n) is 6.05. The quantitative estimate of drug-likeness (QED) is 0.733.